The van der Waals surface area contributed by atoms with E-state index in [1.54, 1.807) is 18.1 Å². The van der Waals surface area contributed by atoms with Crippen LogP contribution in [0.1, 0.15) is 57.4 Å². The van der Waals surface area contributed by atoms with Gasteiger partial charge in [0.15, 0.2) is 0 Å². The largest absolute Gasteiger partial charge is 0.357 e. The number of carbonyl (C=O) groups is 3. The molecule has 1 aliphatic heterocycles. The van der Waals surface area contributed by atoms with E-state index in [0.717, 1.165) is 19.3 Å². The van der Waals surface area contributed by atoms with E-state index in [2.05, 4.69) is 15.7 Å². The Labute approximate surface area is 177 Å². The highest BCUT2D eigenvalue weighted by atomic mass is 16.2. The average molecular weight is 419 g/mol. The Morgan fingerprint density at radius 1 is 1.20 bits per heavy atom. The normalized spacial score (nSPS) is 21.8. The third-order valence-electron chi connectivity index (χ3n) is 6.29. The fraction of sp³-hybridized carbons (Fsp3) is 0.714. The van der Waals surface area contributed by atoms with Crippen LogP contribution in [0, 0.1) is 5.92 Å². The Morgan fingerprint density at radius 3 is 2.63 bits per heavy atom. The Balaban J connectivity index is 1.49. The molecule has 2 fully saturated rings. The summed E-state index contributed by atoms with van der Waals surface area (Å²) in [6.07, 6.45) is 10.7. The molecule has 9 heteroatoms. The van der Waals surface area contributed by atoms with Gasteiger partial charge in [0.2, 0.25) is 17.7 Å². The summed E-state index contributed by atoms with van der Waals surface area (Å²) in [5.74, 6) is -0.345. The maximum absolute atomic E-state index is 12.7. The molecular formula is C21H34N6O3. The molecule has 0 spiro atoms. The van der Waals surface area contributed by atoms with Crippen molar-refractivity contribution in [3.63, 3.8) is 0 Å². The lowest BCUT2D eigenvalue weighted by molar-refractivity contribution is -0.135. The smallest absolute Gasteiger partial charge is 0.242 e. The molecular weight excluding hydrogens is 384 g/mol. The molecule has 4 N–H and O–H groups in total. The Hall–Kier alpha value is -2.42. The number of carbonyl (C=O) groups excluding carboxylic acids is 3. The molecule has 1 saturated heterocycles. The predicted octanol–water partition coefficient (Wildman–Crippen LogP) is 0.575. The molecule has 0 bridgehead atoms. The number of hydrogen-bond donors (Lipinski definition) is 3. The molecule has 3 atom stereocenters. The van der Waals surface area contributed by atoms with Crippen molar-refractivity contribution in [3.05, 3.63) is 18.5 Å². The van der Waals surface area contributed by atoms with Crippen LogP contribution < -0.4 is 16.4 Å². The van der Waals surface area contributed by atoms with Gasteiger partial charge >= 0.3 is 0 Å². The van der Waals surface area contributed by atoms with Gasteiger partial charge in [-0.25, -0.2) is 0 Å². The first kappa shape index (κ1) is 22.3. The maximum atomic E-state index is 12.7. The van der Waals surface area contributed by atoms with Crippen LogP contribution in [-0.4, -0.2) is 64.6 Å². The molecule has 1 aliphatic carbocycles. The van der Waals surface area contributed by atoms with Crippen molar-refractivity contribution in [1.82, 2.24) is 25.3 Å². The van der Waals surface area contributed by atoms with Crippen molar-refractivity contribution < 1.29 is 14.4 Å². The molecule has 0 unspecified atom stereocenters. The summed E-state index contributed by atoms with van der Waals surface area (Å²) < 4.78 is 1.85. The monoisotopic (exact) mass is 418 g/mol. The molecule has 9 nitrogen and oxygen atoms in total. The summed E-state index contributed by atoms with van der Waals surface area (Å²) in [5, 5.41) is 9.67. The lowest BCUT2D eigenvalue weighted by atomic mass is 9.84. The highest BCUT2D eigenvalue weighted by Gasteiger charge is 2.32. The Kier molecular flexibility index (Phi) is 7.84. The minimum atomic E-state index is -0.915. The summed E-state index contributed by atoms with van der Waals surface area (Å²) >= 11 is 0. The van der Waals surface area contributed by atoms with Crippen LogP contribution in [0.15, 0.2) is 18.5 Å². The lowest BCUT2D eigenvalue weighted by Crippen LogP contribution is -2.50. The number of rotatable bonds is 8. The van der Waals surface area contributed by atoms with Crippen molar-refractivity contribution in [3.8, 4) is 0 Å². The van der Waals surface area contributed by atoms with Gasteiger partial charge in [-0.1, -0.05) is 32.1 Å². The van der Waals surface area contributed by atoms with Gasteiger partial charge < -0.3 is 21.3 Å². The van der Waals surface area contributed by atoms with Gasteiger partial charge in [0, 0.05) is 32.5 Å². The first-order valence-electron chi connectivity index (χ1n) is 11.0. The molecule has 1 saturated carbocycles. The summed E-state index contributed by atoms with van der Waals surface area (Å²) in [6.45, 7) is 1.14. The van der Waals surface area contributed by atoms with Gasteiger partial charge in [0.25, 0.3) is 0 Å². The van der Waals surface area contributed by atoms with Gasteiger partial charge in [-0.05, 0) is 24.8 Å². The van der Waals surface area contributed by atoms with Crippen molar-refractivity contribution >= 4 is 17.7 Å². The lowest BCUT2D eigenvalue weighted by Gasteiger charge is -2.27. The topological polar surface area (TPSA) is 122 Å². The summed E-state index contributed by atoms with van der Waals surface area (Å²) in [5.41, 5.74) is 6.06. The van der Waals surface area contributed by atoms with Crippen LogP contribution in [0.4, 0.5) is 0 Å². The molecule has 2 aliphatic rings. The number of hydrogen-bond acceptors (Lipinski definition) is 5. The summed E-state index contributed by atoms with van der Waals surface area (Å²) in [4.78, 5) is 39.2. The van der Waals surface area contributed by atoms with Crippen molar-refractivity contribution in [2.75, 3.05) is 20.1 Å². The fourth-order valence-electron chi connectivity index (χ4n) is 4.59. The second kappa shape index (κ2) is 10.6. The second-order valence-corrected chi connectivity index (χ2v) is 8.50. The summed E-state index contributed by atoms with van der Waals surface area (Å²) in [6, 6.07) is 0.500. The zero-order valence-electron chi connectivity index (χ0n) is 17.8. The van der Waals surface area contributed by atoms with E-state index in [0.29, 0.717) is 25.4 Å². The first-order valence-corrected chi connectivity index (χ1v) is 11.0. The van der Waals surface area contributed by atoms with Gasteiger partial charge in [-0.3, -0.25) is 19.1 Å². The van der Waals surface area contributed by atoms with E-state index in [1.165, 1.54) is 19.3 Å². The highest BCUT2D eigenvalue weighted by molar-refractivity contribution is 5.91. The SMILES string of the molecule is CNC(=O)[C@H](CC1CCCCC1)NC(=O)C[C@H](N)C(=O)N1CC[C@H](n2cccn2)C1. The van der Waals surface area contributed by atoms with E-state index in [1.807, 2.05) is 16.9 Å². The van der Waals surface area contributed by atoms with Crippen LogP contribution in [0.5, 0.6) is 0 Å². The zero-order chi connectivity index (χ0) is 21.5. The molecule has 1 aromatic rings. The molecule has 0 radical (unpaired) electrons. The molecule has 0 aromatic carbocycles. The standard InChI is InChI=1S/C21H34N6O3/c1-23-20(29)18(12-15-6-3-2-4-7-15)25-19(28)13-17(22)21(30)26-11-8-16(14-26)27-10-5-9-24-27/h5,9-10,15-18H,2-4,6-8,11-14,22H2,1H3,(H,23,29)(H,25,28)/t16-,17-,18-/m0/s1. The van der Waals surface area contributed by atoms with E-state index >= 15 is 0 Å². The summed E-state index contributed by atoms with van der Waals surface area (Å²) in [7, 11) is 1.57. The van der Waals surface area contributed by atoms with Crippen LogP contribution in [0.25, 0.3) is 0 Å². The molecule has 1 aromatic heterocycles. The first-order chi connectivity index (χ1) is 14.5. The molecule has 166 valence electrons. The number of amides is 3. The van der Waals surface area contributed by atoms with Gasteiger partial charge in [-0.2, -0.15) is 5.10 Å². The van der Waals surface area contributed by atoms with Crippen molar-refractivity contribution in [1.29, 1.82) is 0 Å². The van der Waals surface area contributed by atoms with E-state index in [-0.39, 0.29) is 30.2 Å². The van der Waals surface area contributed by atoms with E-state index in [9.17, 15) is 14.4 Å². The van der Waals surface area contributed by atoms with Crippen LogP contribution in [0.3, 0.4) is 0 Å². The number of nitrogens with zero attached hydrogens (tertiary/aromatic N) is 3. The number of nitrogens with one attached hydrogen (secondary N) is 2. The van der Waals surface area contributed by atoms with Crippen LogP contribution in [0.2, 0.25) is 0 Å². The molecule has 30 heavy (non-hydrogen) atoms. The highest BCUT2D eigenvalue weighted by Crippen LogP contribution is 2.27. The van der Waals surface area contributed by atoms with Crippen LogP contribution in [-0.2, 0) is 14.4 Å². The van der Waals surface area contributed by atoms with Gasteiger partial charge in [0.1, 0.15) is 6.04 Å². The fourth-order valence-corrected chi connectivity index (χ4v) is 4.59. The third kappa shape index (κ3) is 5.81. The number of likely N-dealkylation sites (N-methyl/N-ethyl adjacent to an activating group) is 1. The second-order valence-electron chi connectivity index (χ2n) is 8.50. The molecule has 3 amide bonds. The quantitative estimate of drug-likeness (QED) is 0.570. The molecule has 3 rings (SSSR count). The van der Waals surface area contributed by atoms with Crippen molar-refractivity contribution in [2.45, 2.75) is 69.5 Å². The van der Waals surface area contributed by atoms with Crippen LogP contribution >= 0.6 is 0 Å². The number of likely N-dealkylation sites (tertiary alicyclic amines) is 1. The van der Waals surface area contributed by atoms with Crippen molar-refractivity contribution in [2.24, 2.45) is 11.7 Å². The zero-order valence-corrected chi connectivity index (χ0v) is 17.8. The average Bonchev–Trinajstić information content (AvgIpc) is 3.44. The van der Waals surface area contributed by atoms with E-state index in [4.69, 9.17) is 5.73 Å². The molecule has 2 heterocycles. The Morgan fingerprint density at radius 2 is 1.97 bits per heavy atom. The third-order valence-corrected chi connectivity index (χ3v) is 6.29. The minimum absolute atomic E-state index is 0.125. The minimum Gasteiger partial charge on any atom is -0.357 e. The van der Waals surface area contributed by atoms with Gasteiger partial charge in [0.05, 0.1) is 18.5 Å². The van der Waals surface area contributed by atoms with Gasteiger partial charge in [-0.15, -0.1) is 0 Å². The Bertz CT molecular complexity index is 716. The predicted molar refractivity (Wildman–Crippen MR) is 112 cm³/mol. The number of nitrogens with two attached hydrogens (primary N) is 1. The van der Waals surface area contributed by atoms with E-state index < -0.39 is 12.1 Å². The number of aromatic nitrogens is 2. The maximum Gasteiger partial charge on any atom is 0.242 e.